The Morgan fingerprint density at radius 3 is 2.47 bits per heavy atom. The van der Waals surface area contributed by atoms with Crippen LogP contribution in [0.3, 0.4) is 0 Å². The predicted molar refractivity (Wildman–Crippen MR) is 82.6 cm³/mol. The number of thioether (sulfide) groups is 1. The van der Waals surface area contributed by atoms with Gasteiger partial charge in [-0.2, -0.15) is 0 Å². The van der Waals surface area contributed by atoms with Crippen LogP contribution in [-0.2, 0) is 0 Å². The van der Waals surface area contributed by atoms with Crippen LogP contribution in [0.5, 0.6) is 0 Å². The van der Waals surface area contributed by atoms with E-state index in [1.54, 1.807) is 24.3 Å². The molecule has 0 bridgehead atoms. The number of hydrogen-bond acceptors (Lipinski definition) is 5. The number of aromatic nitrogens is 2. The SMILES string of the molecule is CCSc1nc(N)cc(Nc2cc(Cl)cc(Cl)c2)n1. The molecule has 2 aromatic rings. The molecular formula is C12H12Cl2N4S. The van der Waals surface area contributed by atoms with Gasteiger partial charge in [0.25, 0.3) is 0 Å². The number of rotatable bonds is 4. The number of hydrogen-bond donors (Lipinski definition) is 2. The fraction of sp³-hybridized carbons (Fsp3) is 0.167. The molecule has 1 aromatic carbocycles. The van der Waals surface area contributed by atoms with Crippen LogP contribution in [0.4, 0.5) is 17.3 Å². The summed E-state index contributed by atoms with van der Waals surface area (Å²) in [6, 6.07) is 6.85. The maximum atomic E-state index is 5.94. The molecule has 0 spiro atoms. The van der Waals surface area contributed by atoms with E-state index in [1.807, 2.05) is 6.92 Å². The van der Waals surface area contributed by atoms with Crippen molar-refractivity contribution in [2.75, 3.05) is 16.8 Å². The highest BCUT2D eigenvalue weighted by atomic mass is 35.5. The molecule has 4 nitrogen and oxygen atoms in total. The van der Waals surface area contributed by atoms with Crippen LogP contribution in [0.25, 0.3) is 0 Å². The molecule has 1 aromatic heterocycles. The first kappa shape index (κ1) is 14.2. The first-order valence-corrected chi connectivity index (χ1v) is 7.31. The summed E-state index contributed by atoms with van der Waals surface area (Å²) in [5.41, 5.74) is 6.50. The average molecular weight is 315 g/mol. The van der Waals surface area contributed by atoms with E-state index >= 15 is 0 Å². The van der Waals surface area contributed by atoms with Crippen LogP contribution < -0.4 is 11.1 Å². The number of nitrogen functional groups attached to an aromatic ring is 1. The van der Waals surface area contributed by atoms with E-state index in [0.29, 0.717) is 26.8 Å². The van der Waals surface area contributed by atoms with E-state index in [4.69, 9.17) is 28.9 Å². The van der Waals surface area contributed by atoms with Crippen LogP contribution in [-0.4, -0.2) is 15.7 Å². The van der Waals surface area contributed by atoms with Crippen LogP contribution in [0.2, 0.25) is 10.0 Å². The van der Waals surface area contributed by atoms with E-state index in [2.05, 4.69) is 15.3 Å². The minimum Gasteiger partial charge on any atom is -0.383 e. The van der Waals surface area contributed by atoms with E-state index in [0.717, 1.165) is 11.4 Å². The van der Waals surface area contributed by atoms with Gasteiger partial charge in [0.1, 0.15) is 11.6 Å². The molecule has 0 unspecified atom stereocenters. The third kappa shape index (κ3) is 4.16. The molecule has 1 heterocycles. The van der Waals surface area contributed by atoms with Crippen molar-refractivity contribution in [3.8, 4) is 0 Å². The standard InChI is InChI=1S/C12H12Cl2N4S/c1-2-19-12-17-10(15)6-11(18-12)16-9-4-7(13)3-8(14)5-9/h3-6H,2H2,1H3,(H3,15,16,17,18). The second-order valence-electron chi connectivity index (χ2n) is 3.68. The number of nitrogens with two attached hydrogens (primary N) is 1. The minimum absolute atomic E-state index is 0.418. The highest BCUT2D eigenvalue weighted by Gasteiger charge is 2.04. The molecule has 0 aliphatic carbocycles. The monoisotopic (exact) mass is 314 g/mol. The Bertz CT molecular complexity index is 572. The van der Waals surface area contributed by atoms with Gasteiger partial charge in [-0.3, -0.25) is 0 Å². The van der Waals surface area contributed by atoms with Gasteiger partial charge in [0.15, 0.2) is 5.16 Å². The number of benzene rings is 1. The Hall–Kier alpha value is -1.17. The van der Waals surface area contributed by atoms with Gasteiger partial charge in [0.2, 0.25) is 0 Å². The minimum atomic E-state index is 0.418. The van der Waals surface area contributed by atoms with Gasteiger partial charge >= 0.3 is 0 Å². The lowest BCUT2D eigenvalue weighted by Gasteiger charge is -2.08. The van der Waals surface area contributed by atoms with Crippen LogP contribution in [0, 0.1) is 0 Å². The second kappa shape index (κ2) is 6.32. The molecule has 7 heteroatoms. The van der Waals surface area contributed by atoms with Gasteiger partial charge in [-0.1, -0.05) is 41.9 Å². The average Bonchev–Trinajstić information content (AvgIpc) is 2.26. The van der Waals surface area contributed by atoms with Gasteiger partial charge < -0.3 is 11.1 Å². The highest BCUT2D eigenvalue weighted by Crippen LogP contribution is 2.26. The van der Waals surface area contributed by atoms with Crippen molar-refractivity contribution in [3.05, 3.63) is 34.3 Å². The first-order valence-electron chi connectivity index (χ1n) is 5.57. The zero-order valence-electron chi connectivity index (χ0n) is 10.2. The number of nitrogens with zero attached hydrogens (tertiary/aromatic N) is 2. The molecule has 0 aliphatic rings. The molecule has 0 amide bonds. The summed E-state index contributed by atoms with van der Waals surface area (Å²) in [5.74, 6) is 1.91. The van der Waals surface area contributed by atoms with Gasteiger partial charge in [-0.25, -0.2) is 9.97 Å². The van der Waals surface area contributed by atoms with Crippen molar-refractivity contribution in [1.29, 1.82) is 0 Å². The molecule has 0 saturated carbocycles. The van der Waals surface area contributed by atoms with Crippen LogP contribution in [0.1, 0.15) is 6.92 Å². The van der Waals surface area contributed by atoms with Gasteiger partial charge in [0, 0.05) is 21.8 Å². The van der Waals surface area contributed by atoms with E-state index in [-0.39, 0.29) is 0 Å². The van der Waals surface area contributed by atoms with Crippen molar-refractivity contribution in [2.24, 2.45) is 0 Å². The summed E-state index contributed by atoms with van der Waals surface area (Å²) in [5, 5.41) is 4.86. The van der Waals surface area contributed by atoms with Crippen molar-refractivity contribution in [2.45, 2.75) is 12.1 Å². The maximum Gasteiger partial charge on any atom is 0.191 e. The molecule has 0 atom stereocenters. The first-order chi connectivity index (χ1) is 9.06. The Kier molecular flexibility index (Phi) is 4.74. The molecule has 100 valence electrons. The van der Waals surface area contributed by atoms with E-state index < -0.39 is 0 Å². The zero-order valence-corrected chi connectivity index (χ0v) is 12.5. The third-order valence-electron chi connectivity index (χ3n) is 2.13. The molecule has 0 radical (unpaired) electrons. The number of anilines is 3. The van der Waals surface area contributed by atoms with Crippen molar-refractivity contribution in [1.82, 2.24) is 9.97 Å². The molecule has 19 heavy (non-hydrogen) atoms. The quantitative estimate of drug-likeness (QED) is 0.653. The largest absolute Gasteiger partial charge is 0.383 e. The van der Waals surface area contributed by atoms with Gasteiger partial charge in [0.05, 0.1) is 0 Å². The summed E-state index contributed by atoms with van der Waals surface area (Å²) in [4.78, 5) is 8.49. The molecule has 0 fully saturated rings. The predicted octanol–water partition coefficient (Wildman–Crippen LogP) is 4.22. The third-order valence-corrected chi connectivity index (χ3v) is 3.30. The van der Waals surface area contributed by atoms with Crippen molar-refractivity contribution < 1.29 is 0 Å². The lowest BCUT2D eigenvalue weighted by Crippen LogP contribution is -2.00. The highest BCUT2D eigenvalue weighted by molar-refractivity contribution is 7.99. The van der Waals surface area contributed by atoms with Gasteiger partial charge in [-0.05, 0) is 24.0 Å². The smallest absolute Gasteiger partial charge is 0.191 e. The molecule has 2 rings (SSSR count). The van der Waals surface area contributed by atoms with Crippen molar-refractivity contribution >= 4 is 52.3 Å². The Morgan fingerprint density at radius 2 is 1.84 bits per heavy atom. The second-order valence-corrected chi connectivity index (χ2v) is 5.78. The van der Waals surface area contributed by atoms with Crippen LogP contribution >= 0.6 is 35.0 Å². The molecular weight excluding hydrogens is 303 g/mol. The lowest BCUT2D eigenvalue weighted by molar-refractivity contribution is 0.981. The normalized spacial score (nSPS) is 10.5. The molecule has 0 saturated heterocycles. The topological polar surface area (TPSA) is 63.8 Å². The van der Waals surface area contributed by atoms with Gasteiger partial charge in [-0.15, -0.1) is 0 Å². The summed E-state index contributed by atoms with van der Waals surface area (Å²) in [6.45, 7) is 2.03. The van der Waals surface area contributed by atoms with Crippen molar-refractivity contribution in [3.63, 3.8) is 0 Å². The fourth-order valence-corrected chi connectivity index (χ4v) is 2.59. The number of nitrogens with one attached hydrogen (secondary N) is 1. The maximum absolute atomic E-state index is 5.94. The summed E-state index contributed by atoms with van der Waals surface area (Å²) < 4.78 is 0. The summed E-state index contributed by atoms with van der Waals surface area (Å²) >= 11 is 13.4. The number of halogens is 2. The fourth-order valence-electron chi connectivity index (χ4n) is 1.47. The molecule has 3 N–H and O–H groups in total. The Balaban J connectivity index is 2.27. The Morgan fingerprint density at radius 1 is 1.16 bits per heavy atom. The van der Waals surface area contributed by atoms with E-state index in [1.165, 1.54) is 11.8 Å². The summed E-state index contributed by atoms with van der Waals surface area (Å²) in [6.07, 6.45) is 0. The van der Waals surface area contributed by atoms with Crippen LogP contribution in [0.15, 0.2) is 29.4 Å². The molecule has 0 aliphatic heterocycles. The summed E-state index contributed by atoms with van der Waals surface area (Å²) in [7, 11) is 0. The Labute approximate surface area is 125 Å². The zero-order chi connectivity index (χ0) is 13.8. The van der Waals surface area contributed by atoms with E-state index in [9.17, 15) is 0 Å². The lowest BCUT2D eigenvalue weighted by atomic mass is 10.3.